The molecule has 0 aliphatic rings. The number of amides is 1. The molecule has 1 amide bonds. The standard InChI is InChI=1S/C26H30N2O3/c1-20(2)19-31-25-12-8-22(9-13-25)27-18-26(29)28-23-10-14-24(15-11-23)30-17-16-21-6-4-3-5-7-21/h3-15,20,27H,16-19H2,1-2H3,(H,28,29). The molecule has 31 heavy (non-hydrogen) atoms. The lowest BCUT2D eigenvalue weighted by molar-refractivity contribution is -0.114. The van der Waals surface area contributed by atoms with Gasteiger partial charge in [0.05, 0.1) is 19.8 Å². The van der Waals surface area contributed by atoms with Crippen LogP contribution < -0.4 is 20.1 Å². The average molecular weight is 419 g/mol. The van der Waals surface area contributed by atoms with Gasteiger partial charge in [-0.15, -0.1) is 0 Å². The number of rotatable bonds is 11. The third-order valence-electron chi connectivity index (χ3n) is 4.53. The SMILES string of the molecule is CC(C)COc1ccc(NCC(=O)Nc2ccc(OCCc3ccccc3)cc2)cc1. The molecule has 0 bridgehead atoms. The van der Waals surface area contributed by atoms with Gasteiger partial charge in [-0.05, 0) is 60.0 Å². The first-order valence-electron chi connectivity index (χ1n) is 10.6. The first kappa shape index (κ1) is 22.2. The van der Waals surface area contributed by atoms with E-state index in [4.69, 9.17) is 9.47 Å². The number of hydrogen-bond acceptors (Lipinski definition) is 4. The number of carbonyl (C=O) groups is 1. The highest BCUT2D eigenvalue weighted by molar-refractivity contribution is 5.93. The number of hydrogen-bond donors (Lipinski definition) is 2. The Kier molecular flexibility index (Phi) is 8.35. The van der Waals surface area contributed by atoms with Gasteiger partial charge in [0.1, 0.15) is 11.5 Å². The second kappa shape index (κ2) is 11.6. The van der Waals surface area contributed by atoms with Crippen LogP contribution in [0.15, 0.2) is 78.9 Å². The molecule has 5 heteroatoms. The quantitative estimate of drug-likeness (QED) is 0.438. The Morgan fingerprint density at radius 3 is 2.06 bits per heavy atom. The van der Waals surface area contributed by atoms with E-state index in [1.807, 2.05) is 66.7 Å². The summed E-state index contributed by atoms with van der Waals surface area (Å²) in [5, 5.41) is 6.00. The van der Waals surface area contributed by atoms with Crippen LogP contribution in [-0.4, -0.2) is 25.7 Å². The van der Waals surface area contributed by atoms with Crippen LogP contribution in [0.3, 0.4) is 0 Å². The number of nitrogens with one attached hydrogen (secondary N) is 2. The molecule has 2 N–H and O–H groups in total. The normalized spacial score (nSPS) is 10.5. The number of carbonyl (C=O) groups excluding carboxylic acids is 1. The van der Waals surface area contributed by atoms with E-state index in [1.165, 1.54) is 5.56 Å². The summed E-state index contributed by atoms with van der Waals surface area (Å²) in [4.78, 5) is 12.2. The lowest BCUT2D eigenvalue weighted by atomic mass is 10.2. The molecule has 0 spiro atoms. The molecule has 162 valence electrons. The Morgan fingerprint density at radius 1 is 0.806 bits per heavy atom. The summed E-state index contributed by atoms with van der Waals surface area (Å²) >= 11 is 0. The fraction of sp³-hybridized carbons (Fsp3) is 0.269. The van der Waals surface area contributed by atoms with E-state index < -0.39 is 0 Å². The molecule has 0 aliphatic carbocycles. The maximum Gasteiger partial charge on any atom is 0.243 e. The third kappa shape index (κ3) is 8.05. The second-order valence-electron chi connectivity index (χ2n) is 7.74. The Balaban J connectivity index is 1.38. The van der Waals surface area contributed by atoms with Gasteiger partial charge in [0, 0.05) is 17.8 Å². The van der Waals surface area contributed by atoms with Gasteiger partial charge in [-0.1, -0.05) is 44.2 Å². The minimum Gasteiger partial charge on any atom is -0.493 e. The highest BCUT2D eigenvalue weighted by Crippen LogP contribution is 2.18. The van der Waals surface area contributed by atoms with Crippen molar-refractivity contribution >= 4 is 17.3 Å². The summed E-state index contributed by atoms with van der Waals surface area (Å²) in [6.45, 7) is 5.71. The fourth-order valence-corrected chi connectivity index (χ4v) is 2.89. The Hall–Kier alpha value is -3.47. The average Bonchev–Trinajstić information content (AvgIpc) is 2.79. The van der Waals surface area contributed by atoms with E-state index in [9.17, 15) is 4.79 Å². The monoisotopic (exact) mass is 418 g/mol. The smallest absolute Gasteiger partial charge is 0.243 e. The lowest BCUT2D eigenvalue weighted by Gasteiger charge is -2.11. The molecule has 0 heterocycles. The van der Waals surface area contributed by atoms with Gasteiger partial charge >= 0.3 is 0 Å². The van der Waals surface area contributed by atoms with Crippen molar-refractivity contribution in [2.45, 2.75) is 20.3 Å². The van der Waals surface area contributed by atoms with Crippen LogP contribution in [0.2, 0.25) is 0 Å². The minimum absolute atomic E-state index is 0.113. The molecular weight excluding hydrogens is 388 g/mol. The van der Waals surface area contributed by atoms with E-state index in [0.29, 0.717) is 19.1 Å². The molecule has 5 nitrogen and oxygen atoms in total. The summed E-state index contributed by atoms with van der Waals surface area (Å²) in [7, 11) is 0. The highest BCUT2D eigenvalue weighted by atomic mass is 16.5. The number of benzene rings is 3. The van der Waals surface area contributed by atoms with E-state index in [-0.39, 0.29) is 12.5 Å². The molecule has 3 aromatic carbocycles. The molecule has 0 aromatic heterocycles. The summed E-state index contributed by atoms with van der Waals surface area (Å²) < 4.78 is 11.4. The molecule has 0 aliphatic heterocycles. The van der Waals surface area contributed by atoms with Crippen LogP contribution in [0, 0.1) is 5.92 Å². The van der Waals surface area contributed by atoms with Gasteiger partial charge in [-0.2, -0.15) is 0 Å². The molecule has 0 radical (unpaired) electrons. The van der Waals surface area contributed by atoms with Crippen molar-refractivity contribution in [2.75, 3.05) is 30.4 Å². The zero-order valence-electron chi connectivity index (χ0n) is 18.1. The van der Waals surface area contributed by atoms with Gasteiger partial charge in [0.2, 0.25) is 5.91 Å². The van der Waals surface area contributed by atoms with Crippen LogP contribution in [-0.2, 0) is 11.2 Å². The van der Waals surface area contributed by atoms with Crippen LogP contribution in [0.1, 0.15) is 19.4 Å². The van der Waals surface area contributed by atoms with E-state index >= 15 is 0 Å². The predicted molar refractivity (Wildman–Crippen MR) is 126 cm³/mol. The number of ether oxygens (including phenoxy) is 2. The summed E-state index contributed by atoms with van der Waals surface area (Å²) in [6, 6.07) is 25.3. The molecule has 0 unspecified atom stereocenters. The maximum absolute atomic E-state index is 12.2. The zero-order valence-corrected chi connectivity index (χ0v) is 18.1. The largest absolute Gasteiger partial charge is 0.493 e. The van der Waals surface area contributed by atoms with Crippen molar-refractivity contribution in [3.05, 3.63) is 84.4 Å². The van der Waals surface area contributed by atoms with Crippen LogP contribution in [0.4, 0.5) is 11.4 Å². The predicted octanol–water partition coefficient (Wildman–Crippen LogP) is 5.39. The topological polar surface area (TPSA) is 59.6 Å². The third-order valence-corrected chi connectivity index (χ3v) is 4.53. The molecule has 0 saturated carbocycles. The molecular formula is C26H30N2O3. The second-order valence-corrected chi connectivity index (χ2v) is 7.74. The van der Waals surface area contributed by atoms with Gasteiger partial charge in [-0.25, -0.2) is 0 Å². The minimum atomic E-state index is -0.113. The molecule has 3 aromatic rings. The summed E-state index contributed by atoms with van der Waals surface area (Å²) in [5.41, 5.74) is 2.85. The molecule has 0 fully saturated rings. The van der Waals surface area contributed by atoms with Crippen molar-refractivity contribution in [3.8, 4) is 11.5 Å². The van der Waals surface area contributed by atoms with Crippen molar-refractivity contribution < 1.29 is 14.3 Å². The van der Waals surface area contributed by atoms with Crippen molar-refractivity contribution in [1.29, 1.82) is 0 Å². The summed E-state index contributed by atoms with van der Waals surface area (Å²) in [6.07, 6.45) is 0.857. The lowest BCUT2D eigenvalue weighted by Crippen LogP contribution is -2.21. The van der Waals surface area contributed by atoms with Gasteiger partial charge in [0.15, 0.2) is 0 Å². The van der Waals surface area contributed by atoms with Crippen LogP contribution in [0.5, 0.6) is 11.5 Å². The Bertz CT molecular complexity index is 923. The van der Waals surface area contributed by atoms with E-state index in [0.717, 1.165) is 29.3 Å². The van der Waals surface area contributed by atoms with E-state index in [2.05, 4.69) is 36.6 Å². The van der Waals surface area contributed by atoms with Crippen LogP contribution in [0.25, 0.3) is 0 Å². The Labute approximate surface area is 184 Å². The number of anilines is 2. The highest BCUT2D eigenvalue weighted by Gasteiger charge is 2.04. The first-order valence-corrected chi connectivity index (χ1v) is 10.6. The van der Waals surface area contributed by atoms with Gasteiger partial charge < -0.3 is 20.1 Å². The van der Waals surface area contributed by atoms with Crippen molar-refractivity contribution in [1.82, 2.24) is 0 Å². The van der Waals surface area contributed by atoms with Crippen molar-refractivity contribution in [2.24, 2.45) is 5.92 Å². The van der Waals surface area contributed by atoms with E-state index in [1.54, 1.807) is 0 Å². The fourth-order valence-electron chi connectivity index (χ4n) is 2.89. The van der Waals surface area contributed by atoms with Crippen molar-refractivity contribution in [3.63, 3.8) is 0 Å². The van der Waals surface area contributed by atoms with Gasteiger partial charge in [-0.3, -0.25) is 4.79 Å². The zero-order chi connectivity index (χ0) is 21.9. The summed E-state index contributed by atoms with van der Waals surface area (Å²) in [5.74, 6) is 1.98. The maximum atomic E-state index is 12.2. The Morgan fingerprint density at radius 2 is 1.42 bits per heavy atom. The molecule has 0 atom stereocenters. The van der Waals surface area contributed by atoms with Crippen LogP contribution >= 0.6 is 0 Å². The molecule has 3 rings (SSSR count). The van der Waals surface area contributed by atoms with Gasteiger partial charge in [0.25, 0.3) is 0 Å². The first-order chi connectivity index (χ1) is 15.1. The molecule has 0 saturated heterocycles.